The third-order valence-corrected chi connectivity index (χ3v) is 5.33. The molecule has 1 amide bonds. The fourth-order valence-corrected chi connectivity index (χ4v) is 3.60. The molecule has 4 rings (SSSR count). The Morgan fingerprint density at radius 3 is 2.60 bits per heavy atom. The molecular formula is C22H20BrN5O2. The van der Waals surface area contributed by atoms with Crippen molar-refractivity contribution in [2.24, 2.45) is 0 Å². The van der Waals surface area contributed by atoms with Crippen LogP contribution in [0, 0.1) is 13.8 Å². The summed E-state index contributed by atoms with van der Waals surface area (Å²) in [4.78, 5) is 17.1. The number of hydrogen-bond acceptors (Lipinski definition) is 5. The summed E-state index contributed by atoms with van der Waals surface area (Å²) in [7, 11) is 0. The van der Waals surface area contributed by atoms with Crippen LogP contribution in [0.25, 0.3) is 17.1 Å². The first kappa shape index (κ1) is 20.0. The van der Waals surface area contributed by atoms with Gasteiger partial charge in [0, 0.05) is 22.7 Å². The smallest absolute Gasteiger partial charge is 0.259 e. The molecule has 30 heavy (non-hydrogen) atoms. The van der Waals surface area contributed by atoms with Gasteiger partial charge in [0.05, 0.1) is 22.6 Å². The zero-order chi connectivity index (χ0) is 21.3. The molecule has 7 nitrogen and oxygen atoms in total. The predicted octanol–water partition coefficient (Wildman–Crippen LogP) is 5.12. The zero-order valence-electron chi connectivity index (χ0n) is 16.8. The van der Waals surface area contributed by atoms with Crippen molar-refractivity contribution < 1.29 is 9.32 Å². The van der Waals surface area contributed by atoms with E-state index in [-0.39, 0.29) is 5.91 Å². The molecule has 2 aromatic heterocycles. The van der Waals surface area contributed by atoms with Crippen molar-refractivity contribution in [3.05, 3.63) is 75.8 Å². The monoisotopic (exact) mass is 465 g/mol. The average molecular weight is 466 g/mol. The minimum absolute atomic E-state index is 0.209. The normalized spacial score (nSPS) is 10.9. The number of nitrogens with zero attached hydrogens (tertiary/aromatic N) is 4. The number of hydrogen-bond donors (Lipinski definition) is 1. The van der Waals surface area contributed by atoms with Crippen LogP contribution in [0.5, 0.6) is 0 Å². The Kier molecular flexibility index (Phi) is 5.50. The van der Waals surface area contributed by atoms with E-state index >= 15 is 0 Å². The number of nitrogens with one attached hydrogen (secondary N) is 1. The van der Waals surface area contributed by atoms with Gasteiger partial charge < -0.3 is 9.84 Å². The summed E-state index contributed by atoms with van der Waals surface area (Å²) in [6.07, 6.45) is 2.42. The largest absolute Gasteiger partial charge is 0.339 e. The number of amides is 1. The molecule has 0 aliphatic rings. The molecule has 1 N–H and O–H groups in total. The van der Waals surface area contributed by atoms with Crippen molar-refractivity contribution in [3.63, 3.8) is 0 Å². The molecule has 2 heterocycles. The fourth-order valence-electron chi connectivity index (χ4n) is 3.01. The van der Waals surface area contributed by atoms with E-state index < -0.39 is 0 Å². The highest BCUT2D eigenvalue weighted by atomic mass is 79.9. The molecule has 0 unspecified atom stereocenters. The molecule has 0 atom stereocenters. The van der Waals surface area contributed by atoms with Gasteiger partial charge >= 0.3 is 0 Å². The molecule has 0 saturated carbocycles. The third kappa shape index (κ3) is 4.04. The van der Waals surface area contributed by atoms with Crippen molar-refractivity contribution in [2.45, 2.75) is 27.2 Å². The molecule has 0 fully saturated rings. The zero-order valence-corrected chi connectivity index (χ0v) is 18.4. The van der Waals surface area contributed by atoms with Crippen molar-refractivity contribution >= 4 is 27.5 Å². The second kappa shape index (κ2) is 8.23. The van der Waals surface area contributed by atoms with Crippen LogP contribution in [0.2, 0.25) is 0 Å². The maximum absolute atomic E-state index is 12.8. The Labute approximate surface area is 182 Å². The lowest BCUT2D eigenvalue weighted by Gasteiger charge is -2.07. The van der Waals surface area contributed by atoms with Gasteiger partial charge in [-0.15, -0.1) is 0 Å². The van der Waals surface area contributed by atoms with E-state index in [1.54, 1.807) is 10.9 Å². The fraction of sp³-hybridized carbons (Fsp3) is 0.182. The number of rotatable bonds is 5. The van der Waals surface area contributed by atoms with Gasteiger partial charge in [-0.1, -0.05) is 18.1 Å². The van der Waals surface area contributed by atoms with Crippen LogP contribution in [-0.2, 0) is 6.42 Å². The van der Waals surface area contributed by atoms with Crippen LogP contribution in [0.3, 0.4) is 0 Å². The van der Waals surface area contributed by atoms with Crippen LogP contribution in [0.15, 0.2) is 57.7 Å². The van der Waals surface area contributed by atoms with Crippen LogP contribution in [0.4, 0.5) is 5.69 Å². The lowest BCUT2D eigenvalue weighted by atomic mass is 10.2. The van der Waals surface area contributed by atoms with Gasteiger partial charge in [-0.05, 0) is 71.7 Å². The molecule has 2 aromatic carbocycles. The SMILES string of the molecule is CCc1nc(-c2ccc(-n3cc(C(=O)Nc4ccc(C)cc4Br)c(C)n3)cc2)no1. The van der Waals surface area contributed by atoms with E-state index in [0.29, 0.717) is 35.1 Å². The number of benzene rings is 2. The first-order valence-electron chi connectivity index (χ1n) is 9.51. The molecule has 0 saturated heterocycles. The molecule has 0 bridgehead atoms. The Morgan fingerprint density at radius 2 is 1.93 bits per heavy atom. The number of carbonyl (C=O) groups excluding carboxylic acids is 1. The lowest BCUT2D eigenvalue weighted by molar-refractivity contribution is 0.102. The molecule has 0 spiro atoms. The maximum atomic E-state index is 12.8. The molecule has 0 aliphatic carbocycles. The summed E-state index contributed by atoms with van der Waals surface area (Å²) in [6, 6.07) is 13.4. The van der Waals surface area contributed by atoms with E-state index in [9.17, 15) is 4.79 Å². The van der Waals surface area contributed by atoms with Gasteiger partial charge in [0.1, 0.15) is 0 Å². The third-order valence-electron chi connectivity index (χ3n) is 4.68. The summed E-state index contributed by atoms with van der Waals surface area (Å²) in [5, 5.41) is 11.4. The van der Waals surface area contributed by atoms with E-state index in [0.717, 1.165) is 21.3 Å². The first-order chi connectivity index (χ1) is 14.4. The van der Waals surface area contributed by atoms with Crippen LogP contribution >= 0.6 is 15.9 Å². The number of aromatic nitrogens is 4. The Morgan fingerprint density at radius 1 is 1.17 bits per heavy atom. The topological polar surface area (TPSA) is 85.8 Å². The van der Waals surface area contributed by atoms with Crippen LogP contribution < -0.4 is 5.32 Å². The number of anilines is 1. The number of aryl methyl sites for hydroxylation is 3. The van der Waals surface area contributed by atoms with Gasteiger partial charge in [-0.25, -0.2) is 4.68 Å². The molecular weight excluding hydrogens is 446 g/mol. The Bertz CT molecular complexity index is 1210. The number of halogens is 1. The minimum atomic E-state index is -0.209. The van der Waals surface area contributed by atoms with E-state index in [1.807, 2.05) is 63.2 Å². The summed E-state index contributed by atoms with van der Waals surface area (Å²) in [5.74, 6) is 0.949. The summed E-state index contributed by atoms with van der Waals surface area (Å²) >= 11 is 3.49. The summed E-state index contributed by atoms with van der Waals surface area (Å²) in [5.41, 5.74) is 4.67. The highest BCUT2D eigenvalue weighted by Crippen LogP contribution is 2.25. The van der Waals surface area contributed by atoms with Crippen molar-refractivity contribution in [3.8, 4) is 17.1 Å². The second-order valence-corrected chi connectivity index (χ2v) is 7.78. The Hall–Kier alpha value is -3.26. The molecule has 0 radical (unpaired) electrons. The first-order valence-corrected chi connectivity index (χ1v) is 10.3. The van der Waals surface area contributed by atoms with Gasteiger partial charge in [-0.3, -0.25) is 4.79 Å². The highest BCUT2D eigenvalue weighted by Gasteiger charge is 2.16. The summed E-state index contributed by atoms with van der Waals surface area (Å²) < 4.78 is 7.69. The van der Waals surface area contributed by atoms with Crippen molar-refractivity contribution in [1.29, 1.82) is 0 Å². The van der Waals surface area contributed by atoms with Gasteiger partial charge in [-0.2, -0.15) is 10.1 Å². The molecule has 4 aromatic rings. The lowest BCUT2D eigenvalue weighted by Crippen LogP contribution is -2.12. The molecule has 152 valence electrons. The van der Waals surface area contributed by atoms with E-state index in [1.165, 1.54) is 0 Å². The minimum Gasteiger partial charge on any atom is -0.339 e. The van der Waals surface area contributed by atoms with Gasteiger partial charge in [0.25, 0.3) is 5.91 Å². The summed E-state index contributed by atoms with van der Waals surface area (Å²) in [6.45, 7) is 5.78. The Balaban J connectivity index is 1.55. The van der Waals surface area contributed by atoms with Crippen molar-refractivity contribution in [2.75, 3.05) is 5.32 Å². The average Bonchev–Trinajstić information content (AvgIpc) is 3.37. The second-order valence-electron chi connectivity index (χ2n) is 6.92. The number of carbonyl (C=O) groups is 1. The van der Waals surface area contributed by atoms with E-state index in [2.05, 4.69) is 36.5 Å². The standard InChI is InChI=1S/C22H20BrN5O2/c1-4-20-25-21(27-30-20)15-6-8-16(9-7-15)28-12-17(14(3)26-28)22(29)24-19-10-5-13(2)11-18(19)23/h5-12H,4H2,1-3H3,(H,24,29). The van der Waals surface area contributed by atoms with E-state index in [4.69, 9.17) is 4.52 Å². The van der Waals surface area contributed by atoms with Gasteiger partial charge in [0.15, 0.2) is 0 Å². The van der Waals surface area contributed by atoms with Crippen LogP contribution in [-0.4, -0.2) is 25.8 Å². The maximum Gasteiger partial charge on any atom is 0.259 e. The van der Waals surface area contributed by atoms with Crippen molar-refractivity contribution in [1.82, 2.24) is 19.9 Å². The van der Waals surface area contributed by atoms with Gasteiger partial charge in [0.2, 0.25) is 11.7 Å². The quantitative estimate of drug-likeness (QED) is 0.442. The highest BCUT2D eigenvalue weighted by molar-refractivity contribution is 9.10. The molecule has 8 heteroatoms. The molecule has 0 aliphatic heterocycles. The van der Waals surface area contributed by atoms with Crippen LogP contribution in [0.1, 0.15) is 34.4 Å². The predicted molar refractivity (Wildman–Crippen MR) is 118 cm³/mol.